The number of likely N-dealkylation sites (tertiary alicyclic amines) is 2. The molecule has 114 valence electrons. The lowest BCUT2D eigenvalue weighted by atomic mass is 10.0. The number of fused-ring (bicyclic) bond motifs is 1. The van der Waals surface area contributed by atoms with Gasteiger partial charge in [-0.15, -0.1) is 0 Å². The maximum absolute atomic E-state index is 13.5. The minimum absolute atomic E-state index is 0.0283. The van der Waals surface area contributed by atoms with E-state index in [0.29, 0.717) is 11.8 Å². The molecular formula is C15H19F2N3O. The van der Waals surface area contributed by atoms with E-state index in [1.807, 2.05) is 0 Å². The zero-order valence-electron chi connectivity index (χ0n) is 12.0. The average molecular weight is 295 g/mol. The van der Waals surface area contributed by atoms with Gasteiger partial charge in [-0.1, -0.05) is 0 Å². The van der Waals surface area contributed by atoms with Crippen LogP contribution in [0.15, 0.2) is 18.2 Å². The van der Waals surface area contributed by atoms with E-state index in [4.69, 9.17) is 0 Å². The van der Waals surface area contributed by atoms with E-state index in [1.165, 1.54) is 6.07 Å². The summed E-state index contributed by atoms with van der Waals surface area (Å²) < 4.78 is 26.3. The molecule has 2 unspecified atom stereocenters. The molecule has 0 saturated carbocycles. The Morgan fingerprint density at radius 1 is 1.24 bits per heavy atom. The molecule has 3 rings (SSSR count). The van der Waals surface area contributed by atoms with Crippen LogP contribution in [0.4, 0.5) is 14.5 Å². The summed E-state index contributed by atoms with van der Waals surface area (Å²) in [6, 6.07) is 3.15. The Morgan fingerprint density at radius 3 is 2.52 bits per heavy atom. The maximum atomic E-state index is 13.5. The Morgan fingerprint density at radius 2 is 1.90 bits per heavy atom. The fraction of sp³-hybridized carbons (Fsp3) is 0.533. The third-order valence-corrected chi connectivity index (χ3v) is 4.32. The molecule has 2 saturated heterocycles. The summed E-state index contributed by atoms with van der Waals surface area (Å²) in [4.78, 5) is 16.4. The number of halogens is 2. The van der Waals surface area contributed by atoms with E-state index >= 15 is 0 Å². The Labute approximate surface area is 122 Å². The molecule has 1 aromatic carbocycles. The van der Waals surface area contributed by atoms with E-state index in [-0.39, 0.29) is 18.1 Å². The predicted octanol–water partition coefficient (Wildman–Crippen LogP) is 1.40. The van der Waals surface area contributed by atoms with Crippen LogP contribution in [-0.2, 0) is 4.79 Å². The molecule has 1 aromatic rings. The summed E-state index contributed by atoms with van der Waals surface area (Å²) in [5.41, 5.74) is 0.0283. The van der Waals surface area contributed by atoms with Gasteiger partial charge in [0.1, 0.15) is 11.6 Å². The minimum atomic E-state index is -0.747. The smallest absolute Gasteiger partial charge is 0.238 e. The molecule has 2 aliphatic rings. The summed E-state index contributed by atoms with van der Waals surface area (Å²) in [6.07, 6.45) is 0. The SMILES string of the molecule is CN1CC2CN(CC(=O)Nc3ccc(F)cc3F)CC2C1. The van der Waals surface area contributed by atoms with Gasteiger partial charge >= 0.3 is 0 Å². The highest BCUT2D eigenvalue weighted by atomic mass is 19.1. The molecule has 0 aliphatic carbocycles. The zero-order valence-corrected chi connectivity index (χ0v) is 12.0. The van der Waals surface area contributed by atoms with Gasteiger partial charge < -0.3 is 10.2 Å². The van der Waals surface area contributed by atoms with E-state index in [1.54, 1.807) is 0 Å². The first kappa shape index (κ1) is 14.4. The molecule has 4 nitrogen and oxygen atoms in total. The topological polar surface area (TPSA) is 35.6 Å². The van der Waals surface area contributed by atoms with E-state index in [2.05, 4.69) is 22.2 Å². The molecule has 0 spiro atoms. The van der Waals surface area contributed by atoms with Crippen LogP contribution in [0.2, 0.25) is 0 Å². The summed E-state index contributed by atoms with van der Waals surface area (Å²) in [5.74, 6) is -0.394. The van der Waals surface area contributed by atoms with Gasteiger partial charge in [0.25, 0.3) is 0 Å². The van der Waals surface area contributed by atoms with E-state index in [9.17, 15) is 13.6 Å². The molecule has 6 heteroatoms. The molecule has 2 aliphatic heterocycles. The lowest BCUT2D eigenvalue weighted by Crippen LogP contribution is -2.34. The number of hydrogen-bond donors (Lipinski definition) is 1. The third kappa shape index (κ3) is 3.22. The molecule has 1 N–H and O–H groups in total. The number of rotatable bonds is 3. The van der Waals surface area contributed by atoms with Crippen LogP contribution in [0.25, 0.3) is 0 Å². The number of carbonyl (C=O) groups excluding carboxylic acids is 1. The summed E-state index contributed by atoms with van der Waals surface area (Å²) in [5, 5.41) is 2.51. The molecule has 21 heavy (non-hydrogen) atoms. The first-order valence-electron chi connectivity index (χ1n) is 7.17. The van der Waals surface area contributed by atoms with Gasteiger partial charge in [0.15, 0.2) is 0 Å². The van der Waals surface area contributed by atoms with Gasteiger partial charge in [-0.05, 0) is 31.0 Å². The van der Waals surface area contributed by atoms with Crippen LogP contribution in [0, 0.1) is 23.5 Å². The zero-order chi connectivity index (χ0) is 15.0. The van der Waals surface area contributed by atoms with Crippen LogP contribution in [0.1, 0.15) is 0 Å². The van der Waals surface area contributed by atoms with Crippen molar-refractivity contribution in [1.29, 1.82) is 0 Å². The van der Waals surface area contributed by atoms with Crippen molar-refractivity contribution in [2.75, 3.05) is 45.1 Å². The molecule has 2 heterocycles. The largest absolute Gasteiger partial charge is 0.322 e. The molecule has 0 bridgehead atoms. The second-order valence-corrected chi connectivity index (χ2v) is 6.11. The Bertz CT molecular complexity index is 538. The van der Waals surface area contributed by atoms with Crippen molar-refractivity contribution in [1.82, 2.24) is 9.80 Å². The minimum Gasteiger partial charge on any atom is -0.322 e. The predicted molar refractivity (Wildman–Crippen MR) is 75.9 cm³/mol. The number of carbonyl (C=O) groups is 1. The molecule has 0 radical (unpaired) electrons. The summed E-state index contributed by atoms with van der Waals surface area (Å²) in [7, 11) is 2.12. The van der Waals surface area contributed by atoms with Crippen molar-refractivity contribution in [3.05, 3.63) is 29.8 Å². The van der Waals surface area contributed by atoms with Crippen molar-refractivity contribution in [2.45, 2.75) is 0 Å². The van der Waals surface area contributed by atoms with Crippen molar-refractivity contribution in [3.63, 3.8) is 0 Å². The number of nitrogens with zero attached hydrogens (tertiary/aromatic N) is 2. The highest BCUT2D eigenvalue weighted by Crippen LogP contribution is 2.29. The number of benzene rings is 1. The van der Waals surface area contributed by atoms with E-state index in [0.717, 1.165) is 38.3 Å². The van der Waals surface area contributed by atoms with Crippen LogP contribution >= 0.6 is 0 Å². The number of nitrogens with one attached hydrogen (secondary N) is 1. The highest BCUT2D eigenvalue weighted by Gasteiger charge is 2.38. The van der Waals surface area contributed by atoms with E-state index < -0.39 is 11.6 Å². The lowest BCUT2D eigenvalue weighted by molar-refractivity contribution is -0.117. The molecule has 2 atom stereocenters. The number of amides is 1. The van der Waals surface area contributed by atoms with Gasteiger partial charge in [0.2, 0.25) is 5.91 Å². The van der Waals surface area contributed by atoms with Gasteiger partial charge in [-0.25, -0.2) is 8.78 Å². The average Bonchev–Trinajstić information content (AvgIpc) is 2.89. The third-order valence-electron chi connectivity index (χ3n) is 4.32. The second kappa shape index (κ2) is 5.69. The van der Waals surface area contributed by atoms with Crippen molar-refractivity contribution >= 4 is 11.6 Å². The maximum Gasteiger partial charge on any atom is 0.238 e. The first-order valence-corrected chi connectivity index (χ1v) is 7.17. The normalized spacial score (nSPS) is 26.0. The van der Waals surface area contributed by atoms with Gasteiger partial charge in [0, 0.05) is 32.2 Å². The van der Waals surface area contributed by atoms with Crippen molar-refractivity contribution < 1.29 is 13.6 Å². The molecule has 2 fully saturated rings. The van der Waals surface area contributed by atoms with Crippen LogP contribution in [-0.4, -0.2) is 55.5 Å². The standard InChI is InChI=1S/C15H19F2N3O/c1-19-5-10-7-20(8-11(10)6-19)9-15(21)18-14-3-2-12(16)4-13(14)17/h2-4,10-11H,5-9H2,1H3,(H,18,21). The fourth-order valence-corrected chi connectivity index (χ4v) is 3.44. The van der Waals surface area contributed by atoms with Crippen LogP contribution in [0.5, 0.6) is 0 Å². The van der Waals surface area contributed by atoms with Gasteiger partial charge in [-0.2, -0.15) is 0 Å². The van der Waals surface area contributed by atoms with Crippen molar-refractivity contribution in [3.8, 4) is 0 Å². The number of hydrogen-bond acceptors (Lipinski definition) is 3. The monoisotopic (exact) mass is 295 g/mol. The van der Waals surface area contributed by atoms with Crippen LogP contribution in [0.3, 0.4) is 0 Å². The van der Waals surface area contributed by atoms with Crippen LogP contribution < -0.4 is 5.32 Å². The fourth-order valence-electron chi connectivity index (χ4n) is 3.44. The van der Waals surface area contributed by atoms with Gasteiger partial charge in [-0.3, -0.25) is 9.69 Å². The van der Waals surface area contributed by atoms with Gasteiger partial charge in [0.05, 0.1) is 12.2 Å². The Balaban J connectivity index is 1.53. The quantitative estimate of drug-likeness (QED) is 0.915. The first-order chi connectivity index (χ1) is 10.0. The number of anilines is 1. The molecular weight excluding hydrogens is 276 g/mol. The Kier molecular flexibility index (Phi) is 3.91. The molecule has 0 aromatic heterocycles. The Hall–Kier alpha value is -1.53. The molecule has 1 amide bonds. The highest BCUT2D eigenvalue weighted by molar-refractivity contribution is 5.92. The van der Waals surface area contributed by atoms with Crippen molar-refractivity contribution in [2.24, 2.45) is 11.8 Å². The second-order valence-electron chi connectivity index (χ2n) is 6.11. The summed E-state index contributed by atoms with van der Waals surface area (Å²) >= 11 is 0. The summed E-state index contributed by atoms with van der Waals surface area (Å²) in [6.45, 7) is 4.24. The lowest BCUT2D eigenvalue weighted by Gasteiger charge is -2.18.